The number of nitrogens with one attached hydrogen (secondary N) is 2. The first-order valence-corrected chi connectivity index (χ1v) is 6.80. The van der Waals surface area contributed by atoms with Gasteiger partial charge in [-0.25, -0.2) is 9.78 Å². The van der Waals surface area contributed by atoms with Gasteiger partial charge in [-0.1, -0.05) is 12.1 Å². The Hall–Kier alpha value is -2.56. The van der Waals surface area contributed by atoms with E-state index in [0.717, 1.165) is 16.9 Å². The van der Waals surface area contributed by atoms with Crippen molar-refractivity contribution in [1.82, 2.24) is 4.98 Å². The number of carbonyl (C=O) groups excluding carboxylic acids is 1. The molecule has 1 heterocycles. The average Bonchev–Trinajstić information content (AvgIpc) is 2.46. The second-order valence-electron chi connectivity index (χ2n) is 4.84. The predicted octanol–water partition coefficient (Wildman–Crippen LogP) is 3.75. The molecule has 110 valence electrons. The molecular weight excluding hydrogens is 266 g/mol. The maximum Gasteiger partial charge on any atom is 0.411 e. The number of ether oxygens (including phenoxy) is 1. The van der Waals surface area contributed by atoms with Crippen LogP contribution in [0, 0.1) is 0 Å². The lowest BCUT2D eigenvalue weighted by Gasteiger charge is -2.11. The third-order valence-electron chi connectivity index (χ3n) is 2.80. The predicted molar refractivity (Wildman–Crippen MR) is 84.5 cm³/mol. The van der Waals surface area contributed by atoms with Gasteiger partial charge in [-0.05, 0) is 49.2 Å². The van der Waals surface area contributed by atoms with Crippen molar-refractivity contribution in [3.63, 3.8) is 0 Å². The van der Waals surface area contributed by atoms with Crippen molar-refractivity contribution in [3.05, 3.63) is 42.6 Å². The second kappa shape index (κ2) is 6.74. The Bertz CT molecular complexity index is 626. The van der Waals surface area contributed by atoms with E-state index in [9.17, 15) is 4.79 Å². The number of anilines is 2. The van der Waals surface area contributed by atoms with E-state index >= 15 is 0 Å². The maximum absolute atomic E-state index is 11.6. The molecule has 0 radical (unpaired) electrons. The minimum atomic E-state index is -0.451. The van der Waals surface area contributed by atoms with E-state index in [2.05, 4.69) is 15.6 Å². The third kappa shape index (κ3) is 4.21. The summed E-state index contributed by atoms with van der Waals surface area (Å²) in [4.78, 5) is 15.8. The van der Waals surface area contributed by atoms with Gasteiger partial charge in [0.1, 0.15) is 5.82 Å². The lowest BCUT2D eigenvalue weighted by molar-refractivity contribution is 0.130. The molecule has 0 atom stereocenters. The molecule has 0 aliphatic heterocycles. The Balaban J connectivity index is 2.19. The van der Waals surface area contributed by atoms with Gasteiger partial charge >= 0.3 is 6.09 Å². The second-order valence-corrected chi connectivity index (χ2v) is 4.84. The number of hydrogen-bond donors (Lipinski definition) is 2. The molecule has 0 aliphatic carbocycles. The van der Waals surface area contributed by atoms with Crippen LogP contribution >= 0.6 is 0 Å². The molecule has 1 amide bonds. The molecule has 0 spiro atoms. The van der Waals surface area contributed by atoms with Crippen molar-refractivity contribution in [2.45, 2.75) is 20.0 Å². The molecule has 5 heteroatoms. The fourth-order valence-corrected chi connectivity index (χ4v) is 1.88. The van der Waals surface area contributed by atoms with Gasteiger partial charge in [-0.2, -0.15) is 0 Å². The number of aromatic nitrogens is 1. The fourth-order valence-electron chi connectivity index (χ4n) is 1.88. The highest BCUT2D eigenvalue weighted by molar-refractivity contribution is 5.86. The molecule has 1 aromatic heterocycles. The van der Waals surface area contributed by atoms with E-state index in [4.69, 9.17) is 4.74 Å². The van der Waals surface area contributed by atoms with Crippen LogP contribution in [0.25, 0.3) is 11.1 Å². The van der Waals surface area contributed by atoms with Crippen LogP contribution < -0.4 is 10.6 Å². The highest BCUT2D eigenvalue weighted by Gasteiger charge is 2.06. The molecule has 0 bridgehead atoms. The Labute approximate surface area is 124 Å². The van der Waals surface area contributed by atoms with Crippen LogP contribution in [0.1, 0.15) is 13.8 Å². The number of rotatable bonds is 4. The molecule has 2 aromatic rings. The Morgan fingerprint density at radius 3 is 2.67 bits per heavy atom. The van der Waals surface area contributed by atoms with Crippen LogP contribution in [0.5, 0.6) is 0 Å². The first-order valence-electron chi connectivity index (χ1n) is 6.80. The smallest absolute Gasteiger partial charge is 0.411 e. The quantitative estimate of drug-likeness (QED) is 0.898. The van der Waals surface area contributed by atoms with Crippen LogP contribution in [0.3, 0.4) is 0 Å². The highest BCUT2D eigenvalue weighted by Crippen LogP contribution is 2.24. The summed E-state index contributed by atoms with van der Waals surface area (Å²) in [5, 5.41) is 5.72. The van der Waals surface area contributed by atoms with Crippen LogP contribution in [0.2, 0.25) is 0 Å². The molecule has 5 nitrogen and oxygen atoms in total. The van der Waals surface area contributed by atoms with Gasteiger partial charge in [0.05, 0.1) is 6.10 Å². The van der Waals surface area contributed by atoms with Crippen molar-refractivity contribution in [2.75, 3.05) is 17.7 Å². The normalized spacial score (nSPS) is 10.3. The molecule has 0 fully saturated rings. The average molecular weight is 285 g/mol. The van der Waals surface area contributed by atoms with Crippen molar-refractivity contribution in [3.8, 4) is 11.1 Å². The number of amides is 1. The van der Waals surface area contributed by atoms with Crippen molar-refractivity contribution in [2.24, 2.45) is 0 Å². The molecule has 0 saturated carbocycles. The molecule has 21 heavy (non-hydrogen) atoms. The van der Waals surface area contributed by atoms with E-state index in [1.165, 1.54) is 0 Å². The van der Waals surface area contributed by atoms with Crippen LogP contribution in [0.15, 0.2) is 42.6 Å². The summed E-state index contributed by atoms with van der Waals surface area (Å²) in [7, 11) is 1.83. The topological polar surface area (TPSA) is 63.2 Å². The zero-order valence-electron chi connectivity index (χ0n) is 12.4. The number of nitrogens with zero attached hydrogens (tertiary/aromatic N) is 1. The van der Waals surface area contributed by atoms with Crippen molar-refractivity contribution >= 4 is 17.6 Å². The minimum Gasteiger partial charge on any atom is -0.447 e. The summed E-state index contributed by atoms with van der Waals surface area (Å²) in [6.07, 6.45) is 1.15. The number of hydrogen-bond acceptors (Lipinski definition) is 4. The molecule has 0 unspecified atom stereocenters. The lowest BCUT2D eigenvalue weighted by Crippen LogP contribution is -2.17. The summed E-state index contributed by atoms with van der Waals surface area (Å²) in [5.74, 6) is 0.796. The molecular formula is C16H19N3O2. The maximum atomic E-state index is 11.6. The zero-order valence-corrected chi connectivity index (χ0v) is 12.4. The number of pyridine rings is 1. The minimum absolute atomic E-state index is 0.147. The van der Waals surface area contributed by atoms with E-state index in [0.29, 0.717) is 5.69 Å². The molecule has 0 aliphatic rings. The molecule has 1 aromatic carbocycles. The summed E-state index contributed by atoms with van der Waals surface area (Å²) < 4.78 is 5.07. The van der Waals surface area contributed by atoms with Crippen LogP contribution in [-0.4, -0.2) is 24.2 Å². The van der Waals surface area contributed by atoms with Gasteiger partial charge in [-0.3, -0.25) is 5.32 Å². The Morgan fingerprint density at radius 2 is 1.95 bits per heavy atom. The van der Waals surface area contributed by atoms with Crippen LogP contribution in [0.4, 0.5) is 16.3 Å². The van der Waals surface area contributed by atoms with Gasteiger partial charge in [0.2, 0.25) is 0 Å². The Kier molecular flexibility index (Phi) is 4.77. The zero-order chi connectivity index (χ0) is 15.2. The number of benzene rings is 1. The van der Waals surface area contributed by atoms with E-state index in [-0.39, 0.29) is 6.10 Å². The van der Waals surface area contributed by atoms with E-state index in [1.54, 1.807) is 6.20 Å². The van der Waals surface area contributed by atoms with E-state index in [1.807, 2.05) is 57.3 Å². The van der Waals surface area contributed by atoms with Gasteiger partial charge < -0.3 is 10.1 Å². The number of carbonyl (C=O) groups is 1. The lowest BCUT2D eigenvalue weighted by atomic mass is 10.1. The fraction of sp³-hybridized carbons (Fsp3) is 0.250. The monoisotopic (exact) mass is 285 g/mol. The van der Waals surface area contributed by atoms with Crippen molar-refractivity contribution in [1.29, 1.82) is 0 Å². The summed E-state index contributed by atoms with van der Waals surface area (Å²) in [5.41, 5.74) is 2.72. The summed E-state index contributed by atoms with van der Waals surface area (Å²) in [6, 6.07) is 11.5. The summed E-state index contributed by atoms with van der Waals surface area (Å²) >= 11 is 0. The third-order valence-corrected chi connectivity index (χ3v) is 2.80. The SMILES string of the molecule is CNc1cc(-c2cccc(NC(=O)OC(C)C)c2)ccn1. The van der Waals surface area contributed by atoms with E-state index < -0.39 is 6.09 Å². The largest absolute Gasteiger partial charge is 0.447 e. The van der Waals surface area contributed by atoms with Crippen LogP contribution in [-0.2, 0) is 4.74 Å². The standard InChI is InChI=1S/C16H19N3O2/c1-11(2)21-16(20)19-14-6-4-5-12(9-14)13-7-8-18-15(10-13)17-3/h4-11H,1-3H3,(H,17,18)(H,19,20). The molecule has 2 rings (SSSR count). The highest BCUT2D eigenvalue weighted by atomic mass is 16.6. The van der Waals surface area contributed by atoms with Crippen molar-refractivity contribution < 1.29 is 9.53 Å². The molecule has 2 N–H and O–H groups in total. The van der Waals surface area contributed by atoms with Gasteiger partial charge in [0, 0.05) is 18.9 Å². The van der Waals surface area contributed by atoms with Gasteiger partial charge in [0.25, 0.3) is 0 Å². The first-order chi connectivity index (χ1) is 10.1. The van der Waals surface area contributed by atoms with Gasteiger partial charge in [0.15, 0.2) is 0 Å². The summed E-state index contributed by atoms with van der Waals surface area (Å²) in [6.45, 7) is 3.62. The Morgan fingerprint density at radius 1 is 1.19 bits per heavy atom. The first kappa shape index (κ1) is 14.8. The van der Waals surface area contributed by atoms with Gasteiger partial charge in [-0.15, -0.1) is 0 Å². The molecule has 0 saturated heterocycles.